The van der Waals surface area contributed by atoms with Gasteiger partial charge in [0.15, 0.2) is 0 Å². The second-order valence-electron chi connectivity index (χ2n) is 19.3. The van der Waals surface area contributed by atoms with Crippen LogP contribution >= 0.6 is 0 Å². The van der Waals surface area contributed by atoms with Gasteiger partial charge >= 0.3 is 48.5 Å². The summed E-state index contributed by atoms with van der Waals surface area (Å²) >= 11 is 0. The lowest BCUT2D eigenvalue weighted by atomic mass is 10.0. The van der Waals surface area contributed by atoms with Crippen LogP contribution in [-0.4, -0.2) is 117 Å². The fraction of sp³-hybridized carbons (Fsp3) is 0.293. The molecular formula is C58H55F11N10O8. The maximum Gasteiger partial charge on any atom is 0.490 e. The fourth-order valence-electron chi connectivity index (χ4n) is 8.47. The molecule has 0 unspecified atom stereocenters. The van der Waals surface area contributed by atoms with Gasteiger partial charge in [0, 0.05) is 35.6 Å². The van der Waals surface area contributed by atoms with E-state index in [1.54, 1.807) is 36.7 Å². The number of hydrogen-bond acceptors (Lipinski definition) is 13. The molecule has 0 aliphatic carbocycles. The molecule has 2 saturated heterocycles. The Morgan fingerprint density at radius 2 is 0.793 bits per heavy atom. The molecule has 87 heavy (non-hydrogen) atoms. The molecule has 0 amide bonds. The van der Waals surface area contributed by atoms with Crippen molar-refractivity contribution in [3.8, 4) is 68.8 Å². The van der Waals surface area contributed by atoms with Gasteiger partial charge in [-0.25, -0.2) is 43.1 Å². The molecule has 2 aliphatic heterocycles. The van der Waals surface area contributed by atoms with Gasteiger partial charge in [-0.05, 0) is 175 Å². The number of rotatable bonds is 10. The Hall–Kier alpha value is -9.38. The molecule has 2 fully saturated rings. The van der Waals surface area contributed by atoms with Crippen molar-refractivity contribution in [1.82, 2.24) is 49.7 Å². The minimum Gasteiger partial charge on any atom is -0.475 e. The average Bonchev–Trinajstić information content (AvgIpc) is 1.95. The number of ether oxygens (including phenoxy) is 2. The van der Waals surface area contributed by atoms with Crippen LogP contribution in [0.25, 0.3) is 45.3 Å². The van der Waals surface area contributed by atoms with Gasteiger partial charge in [0.05, 0.1) is 46.8 Å². The number of carboxylic acids is 3. The Morgan fingerprint density at radius 1 is 0.483 bits per heavy atom. The monoisotopic (exact) mass is 1230 g/mol. The number of carbonyl (C=O) groups is 3. The third-order valence-corrected chi connectivity index (χ3v) is 12.8. The first kappa shape index (κ1) is 66.8. The summed E-state index contributed by atoms with van der Waals surface area (Å²) in [5.74, 6) is -7.35. The molecule has 2 aliphatic rings. The van der Waals surface area contributed by atoms with Crippen LogP contribution in [0.5, 0.6) is 23.5 Å². The number of aryl methyl sites for hydroxylation is 4. The number of aromatic nitrogens is 8. The zero-order valence-electron chi connectivity index (χ0n) is 46.5. The highest BCUT2D eigenvalue weighted by molar-refractivity contribution is 5.78. The molecule has 0 saturated carbocycles. The van der Waals surface area contributed by atoms with E-state index >= 15 is 0 Å². The van der Waals surface area contributed by atoms with Gasteiger partial charge in [0.25, 0.3) is 0 Å². The summed E-state index contributed by atoms with van der Waals surface area (Å²) in [5, 5.41) is 28.2. The largest absolute Gasteiger partial charge is 0.490 e. The van der Waals surface area contributed by atoms with Crippen LogP contribution in [0, 0.1) is 39.3 Å². The van der Waals surface area contributed by atoms with Crippen molar-refractivity contribution < 1.29 is 87.5 Å². The van der Waals surface area contributed by atoms with E-state index in [1.165, 1.54) is 24.3 Å². The van der Waals surface area contributed by atoms with Gasteiger partial charge < -0.3 is 44.6 Å². The lowest BCUT2D eigenvalue weighted by Gasteiger charge is -2.25. The van der Waals surface area contributed by atoms with E-state index in [4.69, 9.17) is 59.1 Å². The summed E-state index contributed by atoms with van der Waals surface area (Å²) in [6.45, 7) is 11.9. The molecule has 4 aromatic heterocycles. The summed E-state index contributed by atoms with van der Waals surface area (Å²) < 4.78 is 139. The van der Waals surface area contributed by atoms with Crippen molar-refractivity contribution in [3.63, 3.8) is 0 Å². The second kappa shape index (κ2) is 29.6. The maximum absolute atomic E-state index is 13.6. The fourth-order valence-corrected chi connectivity index (χ4v) is 8.47. The number of nitrogens with one attached hydrogen (secondary N) is 2. The molecule has 0 atom stereocenters. The summed E-state index contributed by atoms with van der Waals surface area (Å²) in [5.41, 5.74) is 10.7. The van der Waals surface area contributed by atoms with E-state index in [0.717, 1.165) is 131 Å². The third kappa shape index (κ3) is 19.3. The van der Waals surface area contributed by atoms with E-state index < -0.39 is 36.4 Å². The summed E-state index contributed by atoms with van der Waals surface area (Å²) in [6.07, 6.45) is -4.08. The zero-order chi connectivity index (χ0) is 63.8. The summed E-state index contributed by atoms with van der Waals surface area (Å²) in [4.78, 5) is 54.4. The van der Waals surface area contributed by atoms with Gasteiger partial charge in [-0.15, -0.1) is 0 Å². The molecule has 29 heteroatoms. The molecule has 18 nitrogen and oxygen atoms in total. The Morgan fingerprint density at radius 3 is 1.09 bits per heavy atom. The van der Waals surface area contributed by atoms with E-state index in [2.05, 4.69) is 29.7 Å². The summed E-state index contributed by atoms with van der Waals surface area (Å²) in [7, 11) is 0. The van der Waals surface area contributed by atoms with E-state index in [-0.39, 0.29) is 23.7 Å². The molecular weight excluding hydrogens is 1170 g/mol. The highest BCUT2D eigenvalue weighted by Gasteiger charge is 2.39. The highest BCUT2D eigenvalue weighted by Crippen LogP contribution is 2.38. The molecule has 0 radical (unpaired) electrons. The smallest absolute Gasteiger partial charge is 0.475 e. The normalized spacial score (nSPS) is 13.6. The number of hydrogen-bond donors (Lipinski definition) is 5. The Balaban J connectivity index is 0.000000210. The average molecular weight is 1230 g/mol. The topological polar surface area (TPSA) is 242 Å². The number of imidazole rings is 2. The molecule has 5 N–H and O–H groups in total. The molecule has 462 valence electrons. The molecule has 8 aromatic rings. The standard InChI is InChI=1S/2C26H26FN5O.3C2HF3O2/c2*1-17-3-4-18(2)23(15-17)33-26-29-14-11-22(31-26)25-24(19-5-7-20(27)8-6-19)30-16-32(25)21-9-12-28-13-10-21;3*3-2(4,5)1(6)7/h2*3-8,11,14-16,21,28H,9-10,12-13H2,1-2H3;3*(H,6,7). The van der Waals surface area contributed by atoms with Crippen molar-refractivity contribution in [2.75, 3.05) is 26.2 Å². The van der Waals surface area contributed by atoms with Crippen LogP contribution < -0.4 is 20.1 Å². The van der Waals surface area contributed by atoms with Crippen LogP contribution in [0.3, 0.4) is 0 Å². The Bertz CT molecular complexity index is 3350. The minimum absolute atomic E-state index is 0.274. The first-order valence-corrected chi connectivity index (χ1v) is 26.1. The quantitative estimate of drug-likeness (QED) is 0.0800. The number of carboxylic acid groups (broad SMARTS) is 3. The molecule has 0 spiro atoms. The van der Waals surface area contributed by atoms with Crippen LogP contribution in [-0.2, 0) is 14.4 Å². The number of piperidine rings is 2. The lowest BCUT2D eigenvalue weighted by Crippen LogP contribution is -2.29. The first-order chi connectivity index (χ1) is 41.0. The molecule has 4 aromatic carbocycles. The third-order valence-electron chi connectivity index (χ3n) is 12.8. The van der Waals surface area contributed by atoms with Gasteiger partial charge in [-0.2, -0.15) is 49.5 Å². The van der Waals surface area contributed by atoms with Gasteiger partial charge in [0.2, 0.25) is 0 Å². The van der Waals surface area contributed by atoms with Crippen molar-refractivity contribution in [2.24, 2.45) is 0 Å². The van der Waals surface area contributed by atoms with Crippen molar-refractivity contribution >= 4 is 17.9 Å². The highest BCUT2D eigenvalue weighted by atomic mass is 19.4. The van der Waals surface area contributed by atoms with E-state index in [0.29, 0.717) is 12.1 Å². The van der Waals surface area contributed by atoms with Gasteiger partial charge in [-0.3, -0.25) is 0 Å². The lowest BCUT2D eigenvalue weighted by molar-refractivity contribution is -0.193. The SMILES string of the molecule is Cc1ccc(C)c(Oc2nccc(-c3c(-c4ccc(F)cc4)ncn3C3CCNCC3)n2)c1.Cc1ccc(C)c(Oc2nccc(-c3c(-c4ccc(F)cc4)ncn3C3CCNCC3)n2)c1.O=C(O)C(F)(F)F.O=C(O)C(F)(F)F.O=C(O)C(F)(F)F. The second-order valence-corrected chi connectivity index (χ2v) is 19.3. The zero-order valence-corrected chi connectivity index (χ0v) is 46.5. The number of alkyl halides is 9. The van der Waals surface area contributed by atoms with Gasteiger partial charge in [-0.1, -0.05) is 24.3 Å². The minimum atomic E-state index is -5.08. The van der Waals surface area contributed by atoms with Crippen LogP contribution in [0.15, 0.2) is 122 Å². The Kier molecular flexibility index (Phi) is 22.7. The van der Waals surface area contributed by atoms with Crippen LogP contribution in [0.4, 0.5) is 48.3 Å². The predicted octanol–water partition coefficient (Wildman–Crippen LogP) is 12.9. The number of aliphatic carboxylic acids is 3. The predicted molar refractivity (Wildman–Crippen MR) is 293 cm³/mol. The first-order valence-electron chi connectivity index (χ1n) is 26.1. The van der Waals surface area contributed by atoms with Crippen molar-refractivity contribution in [1.29, 1.82) is 0 Å². The number of nitrogens with zero attached hydrogens (tertiary/aromatic N) is 8. The van der Waals surface area contributed by atoms with Crippen LogP contribution in [0.2, 0.25) is 0 Å². The van der Waals surface area contributed by atoms with Crippen molar-refractivity contribution in [3.05, 3.63) is 156 Å². The van der Waals surface area contributed by atoms with Crippen molar-refractivity contribution in [2.45, 2.75) is 84.0 Å². The van der Waals surface area contributed by atoms with E-state index in [9.17, 15) is 48.3 Å². The Labute approximate surface area is 488 Å². The number of benzene rings is 4. The number of halogens is 11. The maximum atomic E-state index is 13.6. The van der Waals surface area contributed by atoms with Crippen LogP contribution in [0.1, 0.15) is 60.0 Å². The molecule has 10 rings (SSSR count). The molecule has 6 heterocycles. The van der Waals surface area contributed by atoms with E-state index in [1.807, 2.05) is 88.9 Å². The van der Waals surface area contributed by atoms with Gasteiger partial charge in [0.1, 0.15) is 23.1 Å². The summed E-state index contributed by atoms with van der Waals surface area (Å²) in [6, 6.07) is 29.9. The molecule has 0 bridgehead atoms.